The van der Waals surface area contributed by atoms with Crippen LogP contribution in [0.2, 0.25) is 5.02 Å². The number of halogens is 3. The first kappa shape index (κ1) is 11.3. The molecule has 0 amide bonds. The summed E-state index contributed by atoms with van der Waals surface area (Å²) in [6.45, 7) is 0. The van der Waals surface area contributed by atoms with Crippen LogP contribution >= 0.6 is 50.5 Å². The molecule has 0 aliphatic heterocycles. The smallest absolute Gasteiger partial charge is 0.142 e. The monoisotopic (exact) mass is 322 g/mol. The highest BCUT2D eigenvalue weighted by Gasteiger charge is 2.07. The van der Waals surface area contributed by atoms with E-state index in [-0.39, 0.29) is 0 Å². The Kier molecular flexibility index (Phi) is 3.61. The van der Waals surface area contributed by atoms with Crippen LogP contribution in [-0.2, 0) is 5.88 Å². The van der Waals surface area contributed by atoms with Gasteiger partial charge in [-0.25, -0.2) is 0 Å². The van der Waals surface area contributed by atoms with Crippen LogP contribution in [0, 0.1) is 0 Å². The maximum absolute atomic E-state index is 5.90. The van der Waals surface area contributed by atoms with E-state index in [1.54, 1.807) is 0 Å². The van der Waals surface area contributed by atoms with Crippen molar-refractivity contribution in [3.05, 3.63) is 32.7 Å². The second-order valence-electron chi connectivity index (χ2n) is 2.76. The zero-order chi connectivity index (χ0) is 10.8. The van der Waals surface area contributed by atoms with Gasteiger partial charge in [0, 0.05) is 10.0 Å². The predicted octanol–water partition coefficient (Wildman–Crippen LogP) is 4.36. The predicted molar refractivity (Wildman–Crippen MR) is 67.6 cm³/mol. The highest BCUT2D eigenvalue weighted by atomic mass is 79.9. The molecule has 1 aromatic heterocycles. The third kappa shape index (κ3) is 2.50. The lowest BCUT2D eigenvalue weighted by molar-refractivity contribution is 1.04. The first-order valence-corrected chi connectivity index (χ1v) is 6.56. The van der Waals surface area contributed by atoms with Gasteiger partial charge >= 0.3 is 0 Å². The van der Waals surface area contributed by atoms with Crippen LogP contribution in [0.15, 0.2) is 22.7 Å². The van der Waals surface area contributed by atoms with Crippen molar-refractivity contribution in [2.45, 2.75) is 5.88 Å². The maximum atomic E-state index is 5.90. The fourth-order valence-electron chi connectivity index (χ4n) is 1.05. The molecule has 0 radical (unpaired) electrons. The molecule has 1 heterocycles. The molecule has 1 aromatic carbocycles. The molecule has 0 spiro atoms. The van der Waals surface area contributed by atoms with Gasteiger partial charge in [-0.05, 0) is 28.1 Å². The summed E-state index contributed by atoms with van der Waals surface area (Å²) in [5, 5.41) is 10.3. The zero-order valence-electron chi connectivity index (χ0n) is 7.38. The van der Waals surface area contributed by atoms with E-state index in [0.29, 0.717) is 10.9 Å². The molecule has 0 aliphatic rings. The number of hydrogen-bond acceptors (Lipinski definition) is 3. The van der Waals surface area contributed by atoms with Crippen molar-refractivity contribution in [2.24, 2.45) is 0 Å². The Balaban J connectivity index is 2.40. The van der Waals surface area contributed by atoms with Gasteiger partial charge in [0.1, 0.15) is 10.0 Å². The van der Waals surface area contributed by atoms with E-state index < -0.39 is 0 Å². The van der Waals surface area contributed by atoms with Crippen molar-refractivity contribution in [3.8, 4) is 10.6 Å². The van der Waals surface area contributed by atoms with Gasteiger partial charge in [0.25, 0.3) is 0 Å². The fourth-order valence-corrected chi connectivity index (χ4v) is 2.45. The van der Waals surface area contributed by atoms with Gasteiger partial charge in [-0.3, -0.25) is 0 Å². The quantitative estimate of drug-likeness (QED) is 0.767. The summed E-state index contributed by atoms with van der Waals surface area (Å²) in [4.78, 5) is 0. The van der Waals surface area contributed by atoms with Gasteiger partial charge in [0.2, 0.25) is 0 Å². The van der Waals surface area contributed by atoms with E-state index in [9.17, 15) is 0 Å². The third-order valence-electron chi connectivity index (χ3n) is 1.75. The highest BCUT2D eigenvalue weighted by molar-refractivity contribution is 9.10. The van der Waals surface area contributed by atoms with E-state index in [1.807, 2.05) is 18.2 Å². The average Bonchev–Trinajstić information content (AvgIpc) is 2.70. The zero-order valence-corrected chi connectivity index (χ0v) is 11.3. The minimum atomic E-state index is 0.395. The molecule has 0 aliphatic carbocycles. The lowest BCUT2D eigenvalue weighted by Crippen LogP contribution is -1.78. The van der Waals surface area contributed by atoms with Crippen molar-refractivity contribution in [2.75, 3.05) is 0 Å². The molecule has 2 nitrogen and oxygen atoms in total. The molecular weight excluding hydrogens is 319 g/mol. The van der Waals surface area contributed by atoms with E-state index in [0.717, 1.165) is 20.1 Å². The minimum Gasteiger partial charge on any atom is -0.142 e. The molecule has 0 saturated heterocycles. The van der Waals surface area contributed by atoms with Crippen LogP contribution in [0.3, 0.4) is 0 Å². The first-order valence-electron chi connectivity index (χ1n) is 4.04. The van der Waals surface area contributed by atoms with Crippen molar-refractivity contribution in [1.29, 1.82) is 0 Å². The van der Waals surface area contributed by atoms with Crippen LogP contribution in [0.25, 0.3) is 10.6 Å². The Morgan fingerprint density at radius 1 is 1.33 bits per heavy atom. The third-order valence-corrected chi connectivity index (χ3v) is 4.35. The molecule has 2 aromatic rings. The van der Waals surface area contributed by atoms with Gasteiger partial charge in [-0.2, -0.15) is 0 Å². The Labute approximate surface area is 109 Å². The Morgan fingerprint density at radius 3 is 2.73 bits per heavy atom. The number of alkyl halides is 1. The van der Waals surface area contributed by atoms with Gasteiger partial charge < -0.3 is 0 Å². The summed E-state index contributed by atoms with van der Waals surface area (Å²) < 4.78 is 0.851. The van der Waals surface area contributed by atoms with Gasteiger partial charge in [-0.15, -0.1) is 21.8 Å². The number of aromatic nitrogens is 2. The fraction of sp³-hybridized carbons (Fsp3) is 0.111. The SMILES string of the molecule is ClCc1nnc(-c2ccc(Cl)c(Br)c2)s1. The van der Waals surface area contributed by atoms with Crippen molar-refractivity contribution in [3.63, 3.8) is 0 Å². The number of nitrogens with zero attached hydrogens (tertiary/aromatic N) is 2. The summed E-state index contributed by atoms with van der Waals surface area (Å²) in [7, 11) is 0. The summed E-state index contributed by atoms with van der Waals surface area (Å²) >= 11 is 16.4. The molecule has 15 heavy (non-hydrogen) atoms. The van der Waals surface area contributed by atoms with E-state index >= 15 is 0 Å². The van der Waals surface area contributed by atoms with Crippen LogP contribution in [0.1, 0.15) is 5.01 Å². The van der Waals surface area contributed by atoms with E-state index in [1.165, 1.54) is 11.3 Å². The maximum Gasteiger partial charge on any atom is 0.147 e. The van der Waals surface area contributed by atoms with Crippen LogP contribution in [0.4, 0.5) is 0 Å². The second-order valence-corrected chi connectivity index (χ2v) is 5.35. The number of rotatable bonds is 2. The summed E-state index contributed by atoms with van der Waals surface area (Å²) in [5.41, 5.74) is 0.986. The van der Waals surface area contributed by atoms with Gasteiger partial charge in [-0.1, -0.05) is 29.0 Å². The molecule has 6 heteroatoms. The molecule has 78 valence electrons. The molecule has 0 unspecified atom stereocenters. The topological polar surface area (TPSA) is 25.8 Å². The highest BCUT2D eigenvalue weighted by Crippen LogP contribution is 2.30. The molecule has 2 rings (SSSR count). The first-order chi connectivity index (χ1) is 7.20. The van der Waals surface area contributed by atoms with Crippen LogP contribution in [-0.4, -0.2) is 10.2 Å². The summed E-state index contributed by atoms with van der Waals surface area (Å²) in [5.74, 6) is 0.395. The standard InChI is InChI=1S/C9H5BrCl2N2S/c10-6-3-5(1-2-7(6)12)9-14-13-8(4-11)15-9/h1-3H,4H2. The number of hydrogen-bond donors (Lipinski definition) is 0. The normalized spacial score (nSPS) is 10.6. The van der Waals surface area contributed by atoms with Gasteiger partial charge in [0.05, 0.1) is 10.9 Å². The molecule has 0 atom stereocenters. The molecule has 0 N–H and O–H groups in total. The molecule has 0 bridgehead atoms. The average molecular weight is 324 g/mol. The minimum absolute atomic E-state index is 0.395. The summed E-state index contributed by atoms with van der Waals surface area (Å²) in [6.07, 6.45) is 0. The lowest BCUT2D eigenvalue weighted by Gasteiger charge is -1.98. The molecule has 0 fully saturated rings. The molecule has 0 saturated carbocycles. The van der Waals surface area contributed by atoms with Crippen molar-refractivity contribution in [1.82, 2.24) is 10.2 Å². The number of benzene rings is 1. The van der Waals surface area contributed by atoms with Crippen molar-refractivity contribution >= 4 is 50.5 Å². The van der Waals surface area contributed by atoms with E-state index in [2.05, 4.69) is 26.1 Å². The second kappa shape index (κ2) is 4.78. The Hall–Kier alpha value is -0.160. The van der Waals surface area contributed by atoms with Crippen molar-refractivity contribution < 1.29 is 0 Å². The lowest BCUT2D eigenvalue weighted by atomic mass is 10.2. The van der Waals surface area contributed by atoms with Gasteiger partial charge in [0.15, 0.2) is 0 Å². The van der Waals surface area contributed by atoms with Crippen LogP contribution in [0.5, 0.6) is 0 Å². The Bertz CT molecular complexity index is 487. The largest absolute Gasteiger partial charge is 0.147 e. The van der Waals surface area contributed by atoms with E-state index in [4.69, 9.17) is 23.2 Å². The van der Waals surface area contributed by atoms with Crippen LogP contribution < -0.4 is 0 Å². The Morgan fingerprint density at radius 2 is 2.13 bits per heavy atom. The molecular formula is C9H5BrCl2N2S. The summed E-state index contributed by atoms with van der Waals surface area (Å²) in [6, 6.07) is 5.65.